The topological polar surface area (TPSA) is 68.2 Å². The number of nitrogens with zero attached hydrogens (tertiary/aromatic N) is 3. The van der Waals surface area contributed by atoms with Crippen LogP contribution in [0.15, 0.2) is 47.0 Å². The number of hydrogen-bond acceptors (Lipinski definition) is 5. The summed E-state index contributed by atoms with van der Waals surface area (Å²) in [7, 11) is 2.04. The summed E-state index contributed by atoms with van der Waals surface area (Å²) in [5.41, 5.74) is 6.72. The quantitative estimate of drug-likeness (QED) is 0.783. The van der Waals surface area contributed by atoms with Crippen molar-refractivity contribution in [3.05, 3.63) is 59.7 Å². The maximum Gasteiger partial charge on any atom is 0.240 e. The highest BCUT2D eigenvalue weighted by Crippen LogP contribution is 2.17. The van der Waals surface area contributed by atoms with Crippen molar-refractivity contribution in [2.75, 3.05) is 7.05 Å². The summed E-state index contributed by atoms with van der Waals surface area (Å²) in [4.78, 5) is 6.36. The first kappa shape index (κ1) is 16.4. The van der Waals surface area contributed by atoms with Gasteiger partial charge in [-0.15, -0.1) is 12.4 Å². The maximum atomic E-state index is 5.46. The Morgan fingerprint density at radius 2 is 1.86 bits per heavy atom. The second-order valence-corrected chi connectivity index (χ2v) is 5.16. The predicted molar refractivity (Wildman–Crippen MR) is 88.6 cm³/mol. The molecule has 1 aromatic heterocycles. The lowest BCUT2D eigenvalue weighted by Gasteiger charge is -2.14. The van der Waals surface area contributed by atoms with Crippen molar-refractivity contribution in [1.82, 2.24) is 15.0 Å². The molecule has 0 saturated heterocycles. The average molecular weight is 319 g/mol. The van der Waals surface area contributed by atoms with Crippen LogP contribution in [0.1, 0.15) is 17.3 Å². The molecule has 22 heavy (non-hydrogen) atoms. The van der Waals surface area contributed by atoms with Crippen LogP contribution in [0, 0.1) is 0 Å². The molecule has 116 valence electrons. The van der Waals surface area contributed by atoms with Crippen molar-refractivity contribution >= 4 is 23.2 Å². The van der Waals surface area contributed by atoms with Crippen LogP contribution in [-0.2, 0) is 19.6 Å². The molecular formula is C16H19ClN4O. The second kappa shape index (κ2) is 7.35. The lowest BCUT2D eigenvalue weighted by molar-refractivity contribution is 0.300. The molecule has 3 rings (SSSR count). The minimum Gasteiger partial charge on any atom is -0.338 e. The molecule has 0 saturated carbocycles. The fourth-order valence-corrected chi connectivity index (χ4v) is 2.38. The van der Waals surface area contributed by atoms with E-state index in [4.69, 9.17) is 10.3 Å². The van der Waals surface area contributed by atoms with Gasteiger partial charge in [0, 0.05) is 6.54 Å². The number of hydrogen-bond donors (Lipinski definition) is 1. The van der Waals surface area contributed by atoms with Gasteiger partial charge in [0.1, 0.15) is 0 Å². The maximum absolute atomic E-state index is 5.46. The Morgan fingerprint density at radius 3 is 2.59 bits per heavy atom. The van der Waals surface area contributed by atoms with Crippen molar-refractivity contribution in [3.63, 3.8) is 0 Å². The third-order valence-electron chi connectivity index (χ3n) is 3.36. The first-order chi connectivity index (χ1) is 10.2. The van der Waals surface area contributed by atoms with E-state index in [1.165, 1.54) is 16.3 Å². The SMILES string of the molecule is CN(Cc1ccc2ccccc2c1)Cc1noc(CN)n1.Cl. The molecule has 0 unspecified atom stereocenters. The predicted octanol–water partition coefficient (Wildman–Crippen LogP) is 2.74. The molecule has 1 heterocycles. The molecule has 0 aliphatic carbocycles. The summed E-state index contributed by atoms with van der Waals surface area (Å²) in [5.74, 6) is 1.14. The number of halogens is 1. The monoisotopic (exact) mass is 318 g/mol. The van der Waals surface area contributed by atoms with Crippen molar-refractivity contribution in [1.29, 1.82) is 0 Å². The summed E-state index contributed by atoms with van der Waals surface area (Å²) in [6, 6.07) is 14.9. The molecule has 0 radical (unpaired) electrons. The summed E-state index contributed by atoms with van der Waals surface area (Å²) >= 11 is 0. The van der Waals surface area contributed by atoms with Crippen LogP contribution in [0.25, 0.3) is 10.8 Å². The number of rotatable bonds is 5. The van der Waals surface area contributed by atoms with Crippen LogP contribution in [-0.4, -0.2) is 22.1 Å². The molecule has 0 atom stereocenters. The van der Waals surface area contributed by atoms with Crippen LogP contribution >= 0.6 is 12.4 Å². The van der Waals surface area contributed by atoms with Gasteiger partial charge in [0.2, 0.25) is 5.89 Å². The Balaban J connectivity index is 0.00000176. The zero-order valence-corrected chi connectivity index (χ0v) is 13.2. The van der Waals surface area contributed by atoms with Crippen LogP contribution < -0.4 is 5.73 Å². The summed E-state index contributed by atoms with van der Waals surface area (Å²) < 4.78 is 5.01. The minimum atomic E-state index is 0. The van der Waals surface area contributed by atoms with Gasteiger partial charge in [-0.3, -0.25) is 4.90 Å². The van der Waals surface area contributed by atoms with E-state index in [0.29, 0.717) is 18.3 Å². The third-order valence-corrected chi connectivity index (χ3v) is 3.36. The molecule has 0 fully saturated rings. The number of benzene rings is 2. The van der Waals surface area contributed by atoms with E-state index in [-0.39, 0.29) is 19.0 Å². The van der Waals surface area contributed by atoms with Gasteiger partial charge < -0.3 is 10.3 Å². The molecule has 6 heteroatoms. The van der Waals surface area contributed by atoms with E-state index in [1.54, 1.807) is 0 Å². The van der Waals surface area contributed by atoms with Crippen molar-refractivity contribution < 1.29 is 4.52 Å². The largest absolute Gasteiger partial charge is 0.338 e. The molecule has 3 aromatic rings. The molecule has 5 nitrogen and oxygen atoms in total. The fourth-order valence-electron chi connectivity index (χ4n) is 2.38. The van der Waals surface area contributed by atoms with E-state index < -0.39 is 0 Å². The van der Waals surface area contributed by atoms with Crippen molar-refractivity contribution in [2.24, 2.45) is 5.73 Å². The van der Waals surface area contributed by atoms with Crippen LogP contribution in [0.4, 0.5) is 0 Å². The van der Waals surface area contributed by atoms with Gasteiger partial charge in [0.15, 0.2) is 5.82 Å². The smallest absolute Gasteiger partial charge is 0.240 e. The zero-order valence-electron chi connectivity index (χ0n) is 12.4. The molecule has 2 aromatic carbocycles. The zero-order chi connectivity index (χ0) is 14.7. The number of nitrogens with two attached hydrogens (primary N) is 1. The van der Waals surface area contributed by atoms with Gasteiger partial charge in [-0.25, -0.2) is 0 Å². The van der Waals surface area contributed by atoms with Crippen LogP contribution in [0.3, 0.4) is 0 Å². The van der Waals surface area contributed by atoms with Gasteiger partial charge in [-0.05, 0) is 29.4 Å². The highest BCUT2D eigenvalue weighted by Gasteiger charge is 2.08. The standard InChI is InChI=1S/C16H18N4O.ClH/c1-20(11-15-18-16(9-17)21-19-15)10-12-6-7-13-4-2-3-5-14(13)8-12;/h2-8H,9-11,17H2,1H3;1H. The summed E-state index contributed by atoms with van der Waals surface area (Å²) in [6.07, 6.45) is 0. The van der Waals surface area contributed by atoms with Crippen molar-refractivity contribution in [2.45, 2.75) is 19.6 Å². The Kier molecular flexibility index (Phi) is 5.49. The molecule has 2 N–H and O–H groups in total. The van der Waals surface area contributed by atoms with E-state index in [1.807, 2.05) is 7.05 Å². The Morgan fingerprint density at radius 1 is 1.09 bits per heavy atom. The van der Waals surface area contributed by atoms with E-state index >= 15 is 0 Å². The van der Waals surface area contributed by atoms with Crippen molar-refractivity contribution in [3.8, 4) is 0 Å². The first-order valence-electron chi connectivity index (χ1n) is 6.92. The number of aromatic nitrogens is 2. The highest BCUT2D eigenvalue weighted by atomic mass is 35.5. The molecule has 0 aliphatic rings. The van der Waals surface area contributed by atoms with Gasteiger partial charge in [0.25, 0.3) is 0 Å². The Hall–Kier alpha value is -1.95. The average Bonchev–Trinajstić information content (AvgIpc) is 2.94. The molecule has 0 spiro atoms. The third kappa shape index (κ3) is 3.82. The fraction of sp³-hybridized carbons (Fsp3) is 0.250. The van der Waals surface area contributed by atoms with E-state index in [2.05, 4.69) is 57.5 Å². The number of fused-ring (bicyclic) bond motifs is 1. The second-order valence-electron chi connectivity index (χ2n) is 5.16. The summed E-state index contributed by atoms with van der Waals surface area (Å²) in [5, 5.41) is 6.43. The van der Waals surface area contributed by atoms with Gasteiger partial charge >= 0.3 is 0 Å². The molecule has 0 bridgehead atoms. The van der Waals surface area contributed by atoms with E-state index in [9.17, 15) is 0 Å². The lowest BCUT2D eigenvalue weighted by atomic mass is 10.1. The van der Waals surface area contributed by atoms with Gasteiger partial charge in [0.05, 0.1) is 13.1 Å². The lowest BCUT2D eigenvalue weighted by Crippen LogP contribution is -2.18. The van der Waals surface area contributed by atoms with E-state index in [0.717, 1.165) is 6.54 Å². The highest BCUT2D eigenvalue weighted by molar-refractivity contribution is 5.85. The Labute approximate surface area is 135 Å². The Bertz CT molecular complexity index is 744. The van der Waals surface area contributed by atoms with Gasteiger partial charge in [-0.2, -0.15) is 4.98 Å². The molecule has 0 aliphatic heterocycles. The molecule has 0 amide bonds. The summed E-state index contributed by atoms with van der Waals surface area (Å²) in [6.45, 7) is 1.75. The van der Waals surface area contributed by atoms with Crippen LogP contribution in [0.5, 0.6) is 0 Å². The molecular weight excluding hydrogens is 300 g/mol. The van der Waals surface area contributed by atoms with Crippen LogP contribution in [0.2, 0.25) is 0 Å². The minimum absolute atomic E-state index is 0. The van der Waals surface area contributed by atoms with Gasteiger partial charge in [-0.1, -0.05) is 41.6 Å². The normalized spacial score (nSPS) is 10.9. The first-order valence-corrected chi connectivity index (χ1v) is 6.92.